The first-order chi connectivity index (χ1) is 13.1. The lowest BCUT2D eigenvalue weighted by atomic mass is 10.1. The summed E-state index contributed by atoms with van der Waals surface area (Å²) in [6.45, 7) is 0.810. The van der Waals surface area contributed by atoms with Crippen LogP contribution in [0.25, 0.3) is 0 Å². The van der Waals surface area contributed by atoms with E-state index in [1.165, 1.54) is 12.1 Å². The number of amides is 1. The Morgan fingerprint density at radius 2 is 1.79 bits per heavy atom. The van der Waals surface area contributed by atoms with Gasteiger partial charge in [-0.1, -0.05) is 12.1 Å². The van der Waals surface area contributed by atoms with Gasteiger partial charge in [0.05, 0.1) is 10.5 Å². The number of alkyl halides is 3. The summed E-state index contributed by atoms with van der Waals surface area (Å²) in [4.78, 5) is 34.1. The van der Waals surface area contributed by atoms with Crippen molar-refractivity contribution in [1.29, 1.82) is 0 Å². The lowest BCUT2D eigenvalue weighted by molar-refractivity contribution is -0.384. The molecule has 2 aromatic rings. The molecule has 1 N–H and O–H groups in total. The van der Waals surface area contributed by atoms with E-state index in [2.05, 4.69) is 10.1 Å². The van der Waals surface area contributed by atoms with Gasteiger partial charge in [-0.25, -0.2) is 4.79 Å². The average molecular weight is 398 g/mol. The number of hydrogen-bond donors (Lipinski definition) is 1. The minimum Gasteiger partial charge on any atom is -0.452 e. The number of nitro groups is 1. The van der Waals surface area contributed by atoms with E-state index in [9.17, 15) is 32.9 Å². The number of rotatable bonds is 6. The smallest absolute Gasteiger partial charge is 0.452 e. The molecule has 0 fully saturated rings. The number of carbonyl (C=O) groups excluding carboxylic acids is 2. The summed E-state index contributed by atoms with van der Waals surface area (Å²) in [6.07, 6.45) is -4.86. The van der Waals surface area contributed by atoms with Crippen molar-refractivity contribution < 1.29 is 37.2 Å². The Morgan fingerprint density at radius 3 is 2.36 bits per heavy atom. The molecule has 0 unspecified atom stereocenters. The van der Waals surface area contributed by atoms with Crippen LogP contribution in [-0.2, 0) is 9.53 Å². The molecule has 0 aliphatic rings. The zero-order valence-electron chi connectivity index (χ0n) is 14.3. The van der Waals surface area contributed by atoms with Crippen LogP contribution in [0.15, 0.2) is 42.5 Å². The minimum atomic E-state index is -4.86. The predicted molar refractivity (Wildman–Crippen MR) is 89.9 cm³/mol. The molecular weight excluding hydrogens is 385 g/mol. The molecular formula is C17H13F3N2O6. The molecule has 1 amide bonds. The Balaban J connectivity index is 1.96. The number of nitro benzene ring substituents is 1. The molecule has 2 aromatic carbocycles. The van der Waals surface area contributed by atoms with Crippen LogP contribution in [0.2, 0.25) is 0 Å². The van der Waals surface area contributed by atoms with Gasteiger partial charge in [0.2, 0.25) is 0 Å². The SMILES string of the molecule is Cc1cccc([N+](=O)[O-])c1NC(=O)COC(=O)c1ccc(OC(F)(F)F)cc1. The summed E-state index contributed by atoms with van der Waals surface area (Å²) >= 11 is 0. The lowest BCUT2D eigenvalue weighted by Crippen LogP contribution is -2.22. The van der Waals surface area contributed by atoms with E-state index in [4.69, 9.17) is 4.74 Å². The van der Waals surface area contributed by atoms with Crippen molar-refractivity contribution in [3.05, 3.63) is 63.7 Å². The molecule has 0 radical (unpaired) electrons. The number of anilines is 1. The molecule has 0 bridgehead atoms. The highest BCUT2D eigenvalue weighted by molar-refractivity contribution is 5.97. The van der Waals surface area contributed by atoms with Crippen molar-refractivity contribution in [3.63, 3.8) is 0 Å². The van der Waals surface area contributed by atoms with Gasteiger partial charge >= 0.3 is 12.3 Å². The van der Waals surface area contributed by atoms with E-state index in [1.54, 1.807) is 13.0 Å². The molecule has 0 atom stereocenters. The van der Waals surface area contributed by atoms with Crippen LogP contribution in [0, 0.1) is 17.0 Å². The number of ether oxygens (including phenoxy) is 2. The van der Waals surface area contributed by atoms with Crippen LogP contribution in [0.3, 0.4) is 0 Å². The number of hydrogen-bond acceptors (Lipinski definition) is 6. The molecule has 0 aliphatic heterocycles. The van der Waals surface area contributed by atoms with Crippen molar-refractivity contribution in [1.82, 2.24) is 0 Å². The Hall–Kier alpha value is -3.63. The molecule has 28 heavy (non-hydrogen) atoms. The van der Waals surface area contributed by atoms with Crippen LogP contribution in [0.5, 0.6) is 5.75 Å². The fourth-order valence-corrected chi connectivity index (χ4v) is 2.15. The molecule has 11 heteroatoms. The number of carbonyl (C=O) groups is 2. The Bertz CT molecular complexity index is 897. The van der Waals surface area contributed by atoms with Gasteiger partial charge in [-0.2, -0.15) is 0 Å². The molecule has 2 rings (SSSR count). The number of para-hydroxylation sites is 1. The van der Waals surface area contributed by atoms with Crippen molar-refractivity contribution in [2.45, 2.75) is 13.3 Å². The van der Waals surface area contributed by atoms with Gasteiger partial charge in [0.25, 0.3) is 11.6 Å². The maximum Gasteiger partial charge on any atom is 0.573 e. The maximum absolute atomic E-state index is 12.1. The second kappa shape index (κ2) is 8.37. The lowest BCUT2D eigenvalue weighted by Gasteiger charge is -2.10. The third-order valence-corrected chi connectivity index (χ3v) is 3.37. The molecule has 0 saturated carbocycles. The predicted octanol–water partition coefficient (Wildman–Crippen LogP) is 3.60. The quantitative estimate of drug-likeness (QED) is 0.453. The topological polar surface area (TPSA) is 108 Å². The van der Waals surface area contributed by atoms with E-state index in [-0.39, 0.29) is 16.9 Å². The van der Waals surface area contributed by atoms with Crippen molar-refractivity contribution in [3.8, 4) is 5.75 Å². The van der Waals surface area contributed by atoms with Gasteiger partial charge < -0.3 is 14.8 Å². The van der Waals surface area contributed by atoms with Gasteiger partial charge in [-0.05, 0) is 36.8 Å². The monoisotopic (exact) mass is 398 g/mol. The zero-order chi connectivity index (χ0) is 20.9. The van der Waals surface area contributed by atoms with Crippen LogP contribution in [-0.4, -0.2) is 29.8 Å². The van der Waals surface area contributed by atoms with Gasteiger partial charge in [0.1, 0.15) is 11.4 Å². The van der Waals surface area contributed by atoms with Gasteiger partial charge in [-0.15, -0.1) is 13.2 Å². The van der Waals surface area contributed by atoms with E-state index < -0.39 is 35.5 Å². The first-order valence-electron chi connectivity index (χ1n) is 7.63. The second-order valence-electron chi connectivity index (χ2n) is 5.42. The summed E-state index contributed by atoms with van der Waals surface area (Å²) in [5.41, 5.74) is -0.0135. The minimum absolute atomic E-state index is 0.0257. The highest BCUT2D eigenvalue weighted by atomic mass is 19.4. The average Bonchev–Trinajstić information content (AvgIpc) is 2.60. The summed E-state index contributed by atoms with van der Waals surface area (Å²) in [5, 5.41) is 13.3. The van der Waals surface area contributed by atoms with Crippen LogP contribution >= 0.6 is 0 Å². The fraction of sp³-hybridized carbons (Fsp3) is 0.176. The highest BCUT2D eigenvalue weighted by Gasteiger charge is 2.31. The number of benzene rings is 2. The second-order valence-corrected chi connectivity index (χ2v) is 5.42. The standard InChI is InChI=1S/C17H13F3N2O6/c1-10-3-2-4-13(22(25)26)15(10)21-14(23)9-27-16(24)11-5-7-12(8-6-11)28-17(18,19)20/h2-8H,9H2,1H3,(H,21,23). The summed E-state index contributed by atoms with van der Waals surface area (Å²) in [7, 11) is 0. The van der Waals surface area contributed by atoms with Gasteiger partial charge in [-0.3, -0.25) is 14.9 Å². The van der Waals surface area contributed by atoms with Crippen molar-refractivity contribution >= 4 is 23.3 Å². The molecule has 0 saturated heterocycles. The first kappa shape index (κ1) is 20.7. The fourth-order valence-electron chi connectivity index (χ4n) is 2.15. The normalized spacial score (nSPS) is 10.9. The third-order valence-electron chi connectivity index (χ3n) is 3.37. The Morgan fingerprint density at radius 1 is 1.14 bits per heavy atom. The number of esters is 1. The van der Waals surface area contributed by atoms with E-state index in [0.717, 1.165) is 24.3 Å². The molecule has 0 heterocycles. The number of aryl methyl sites for hydroxylation is 1. The molecule has 148 valence electrons. The highest BCUT2D eigenvalue weighted by Crippen LogP contribution is 2.27. The molecule has 8 nitrogen and oxygen atoms in total. The maximum atomic E-state index is 12.1. The zero-order valence-corrected chi connectivity index (χ0v) is 14.3. The van der Waals surface area contributed by atoms with Crippen molar-refractivity contribution in [2.24, 2.45) is 0 Å². The Labute approximate surface area is 156 Å². The number of nitrogens with zero attached hydrogens (tertiary/aromatic N) is 1. The third kappa shape index (κ3) is 5.69. The van der Waals surface area contributed by atoms with Crippen LogP contribution < -0.4 is 10.1 Å². The van der Waals surface area contributed by atoms with Crippen LogP contribution in [0.4, 0.5) is 24.5 Å². The van der Waals surface area contributed by atoms with Crippen LogP contribution in [0.1, 0.15) is 15.9 Å². The summed E-state index contributed by atoms with van der Waals surface area (Å²) in [5.74, 6) is -2.30. The number of halogens is 3. The number of nitrogens with one attached hydrogen (secondary N) is 1. The molecule has 0 spiro atoms. The van der Waals surface area contributed by atoms with E-state index >= 15 is 0 Å². The summed E-state index contributed by atoms with van der Waals surface area (Å²) in [6, 6.07) is 8.12. The van der Waals surface area contributed by atoms with Gasteiger partial charge in [0, 0.05) is 6.07 Å². The Kier molecular flexibility index (Phi) is 6.18. The molecule has 0 aliphatic carbocycles. The van der Waals surface area contributed by atoms with E-state index in [0.29, 0.717) is 5.56 Å². The van der Waals surface area contributed by atoms with E-state index in [1.807, 2.05) is 0 Å². The first-order valence-corrected chi connectivity index (χ1v) is 7.63. The van der Waals surface area contributed by atoms with Gasteiger partial charge in [0.15, 0.2) is 6.61 Å². The summed E-state index contributed by atoms with van der Waals surface area (Å²) < 4.78 is 44.7. The molecule has 0 aromatic heterocycles. The largest absolute Gasteiger partial charge is 0.573 e. The van der Waals surface area contributed by atoms with Crippen molar-refractivity contribution in [2.75, 3.05) is 11.9 Å².